The summed E-state index contributed by atoms with van der Waals surface area (Å²) >= 11 is 0. The van der Waals surface area contributed by atoms with Crippen LogP contribution in [0.25, 0.3) is 22.2 Å². The van der Waals surface area contributed by atoms with Gasteiger partial charge in [-0.25, -0.2) is 0 Å². The molecule has 0 N–H and O–H groups in total. The van der Waals surface area contributed by atoms with Crippen LogP contribution in [-0.2, 0) is 11.8 Å². The van der Waals surface area contributed by atoms with Gasteiger partial charge in [-0.1, -0.05) is 61.9 Å². The zero-order chi connectivity index (χ0) is 22.4. The molecule has 2 heterocycles. The van der Waals surface area contributed by atoms with Crippen molar-refractivity contribution in [2.75, 3.05) is 6.54 Å². The van der Waals surface area contributed by atoms with Crippen LogP contribution in [0.15, 0.2) is 59.7 Å². The molecule has 5 rings (SSSR count). The molecule has 0 radical (unpaired) electrons. The van der Waals surface area contributed by atoms with Gasteiger partial charge in [0.25, 0.3) is 5.91 Å². The predicted octanol–water partition coefficient (Wildman–Crippen LogP) is 6.95. The molecule has 1 aromatic heterocycles. The van der Waals surface area contributed by atoms with E-state index in [2.05, 4.69) is 85.8 Å². The second kappa shape index (κ2) is 8.27. The van der Waals surface area contributed by atoms with Gasteiger partial charge in [-0.2, -0.15) is 0 Å². The molecule has 3 heteroatoms. The molecule has 0 bridgehead atoms. The highest BCUT2D eigenvalue weighted by atomic mass is 16.2. The van der Waals surface area contributed by atoms with E-state index in [1.807, 2.05) is 0 Å². The number of hydrogen-bond donors (Lipinski definition) is 0. The zero-order valence-electron chi connectivity index (χ0n) is 19.8. The van der Waals surface area contributed by atoms with E-state index in [4.69, 9.17) is 0 Å². The molecule has 3 aromatic rings. The maximum atomic E-state index is 13.6. The zero-order valence-corrected chi connectivity index (χ0v) is 19.8. The lowest BCUT2D eigenvalue weighted by Gasteiger charge is -2.29. The molecule has 2 aliphatic rings. The molecular weight excluding hydrogens is 392 g/mol. The van der Waals surface area contributed by atoms with Gasteiger partial charge in [0.2, 0.25) is 0 Å². The summed E-state index contributed by atoms with van der Waals surface area (Å²) in [5.41, 5.74) is 8.78. The van der Waals surface area contributed by atoms with Crippen molar-refractivity contribution in [3.8, 4) is 11.3 Å². The minimum absolute atomic E-state index is 0.0546. The van der Waals surface area contributed by atoms with Crippen molar-refractivity contribution in [3.05, 3.63) is 70.8 Å². The first-order chi connectivity index (χ1) is 15.5. The first-order valence-corrected chi connectivity index (χ1v) is 12.1. The van der Waals surface area contributed by atoms with Gasteiger partial charge in [-0.15, -0.1) is 0 Å². The maximum absolute atomic E-state index is 13.6. The number of rotatable bonds is 5. The standard InChI is InChI=1S/C29H34N2O/c1-19(2)17-18-31-28(22-9-5-6-10-23(22)29(31)32)26-24-11-7-8-12-25(24)30(4)27(26)21-15-13-20(3)14-16-21/h7-8,11-16,19,28H,5-6,9-10,17-18H2,1-4H3. The van der Waals surface area contributed by atoms with E-state index < -0.39 is 0 Å². The van der Waals surface area contributed by atoms with Crippen LogP contribution in [0.2, 0.25) is 0 Å². The van der Waals surface area contributed by atoms with Crippen molar-refractivity contribution in [1.82, 2.24) is 9.47 Å². The second-order valence-corrected chi connectivity index (χ2v) is 10.00. The third-order valence-electron chi connectivity index (χ3n) is 7.36. The third-order valence-corrected chi connectivity index (χ3v) is 7.36. The van der Waals surface area contributed by atoms with E-state index in [0.717, 1.165) is 37.8 Å². The summed E-state index contributed by atoms with van der Waals surface area (Å²) in [7, 11) is 2.17. The molecule has 0 spiro atoms. The third kappa shape index (κ3) is 3.39. The highest BCUT2D eigenvalue weighted by Crippen LogP contribution is 2.49. The summed E-state index contributed by atoms with van der Waals surface area (Å²) in [6.07, 6.45) is 5.34. The Kier molecular flexibility index (Phi) is 5.44. The first-order valence-electron chi connectivity index (χ1n) is 12.1. The summed E-state index contributed by atoms with van der Waals surface area (Å²) in [5, 5.41) is 1.28. The van der Waals surface area contributed by atoms with E-state index in [9.17, 15) is 4.79 Å². The molecular formula is C29H34N2O. The van der Waals surface area contributed by atoms with Gasteiger partial charge in [-0.05, 0) is 62.1 Å². The summed E-state index contributed by atoms with van der Waals surface area (Å²) in [4.78, 5) is 15.8. The Morgan fingerprint density at radius 1 is 1.00 bits per heavy atom. The number of carbonyl (C=O) groups excluding carboxylic acids is 1. The summed E-state index contributed by atoms with van der Waals surface area (Å²) in [6, 6.07) is 17.6. The molecule has 2 aromatic carbocycles. The van der Waals surface area contributed by atoms with Crippen molar-refractivity contribution in [1.29, 1.82) is 0 Å². The average molecular weight is 427 g/mol. The number of hydrogen-bond acceptors (Lipinski definition) is 1. The van der Waals surface area contributed by atoms with Gasteiger partial charge >= 0.3 is 0 Å². The van der Waals surface area contributed by atoms with Crippen LogP contribution >= 0.6 is 0 Å². The highest BCUT2D eigenvalue weighted by Gasteiger charge is 2.42. The Balaban J connectivity index is 1.76. The van der Waals surface area contributed by atoms with Gasteiger partial charge < -0.3 is 9.47 Å². The molecule has 0 saturated carbocycles. The van der Waals surface area contributed by atoms with Crippen molar-refractivity contribution in [2.45, 2.75) is 58.9 Å². The molecule has 3 nitrogen and oxygen atoms in total. The van der Waals surface area contributed by atoms with Crippen LogP contribution in [0, 0.1) is 12.8 Å². The predicted molar refractivity (Wildman–Crippen MR) is 132 cm³/mol. The molecule has 1 amide bonds. The van der Waals surface area contributed by atoms with Crippen molar-refractivity contribution in [2.24, 2.45) is 13.0 Å². The largest absolute Gasteiger partial charge is 0.343 e. The number of amides is 1. The molecule has 1 aliphatic heterocycles. The fourth-order valence-electron chi connectivity index (χ4n) is 5.67. The van der Waals surface area contributed by atoms with E-state index in [1.54, 1.807) is 0 Å². The number of carbonyl (C=O) groups is 1. The smallest absolute Gasteiger partial charge is 0.250 e. The number of benzene rings is 2. The quantitative estimate of drug-likeness (QED) is 0.433. The summed E-state index contributed by atoms with van der Waals surface area (Å²) in [5.74, 6) is 0.860. The Morgan fingerprint density at radius 2 is 1.72 bits per heavy atom. The Labute approximate surface area is 191 Å². The molecule has 1 unspecified atom stereocenters. The SMILES string of the molecule is Cc1ccc(-c2c(C3C4=C(CCCC4)C(=O)N3CCC(C)C)c3ccccc3n2C)cc1. The topological polar surface area (TPSA) is 25.2 Å². The molecule has 0 saturated heterocycles. The molecule has 32 heavy (non-hydrogen) atoms. The number of para-hydroxylation sites is 1. The van der Waals surface area contributed by atoms with Crippen LogP contribution in [0.3, 0.4) is 0 Å². The van der Waals surface area contributed by atoms with Gasteiger partial charge in [0.05, 0.1) is 11.7 Å². The van der Waals surface area contributed by atoms with Gasteiger partial charge in [0.1, 0.15) is 0 Å². The van der Waals surface area contributed by atoms with Crippen LogP contribution in [0.5, 0.6) is 0 Å². The fraction of sp³-hybridized carbons (Fsp3) is 0.414. The van der Waals surface area contributed by atoms with Gasteiger partial charge in [0, 0.05) is 35.6 Å². The number of fused-ring (bicyclic) bond motifs is 1. The van der Waals surface area contributed by atoms with E-state index in [1.165, 1.54) is 45.3 Å². The van der Waals surface area contributed by atoms with Crippen LogP contribution in [0.4, 0.5) is 0 Å². The second-order valence-electron chi connectivity index (χ2n) is 10.00. The van der Waals surface area contributed by atoms with E-state index >= 15 is 0 Å². The maximum Gasteiger partial charge on any atom is 0.250 e. The summed E-state index contributed by atoms with van der Waals surface area (Å²) < 4.78 is 2.34. The van der Waals surface area contributed by atoms with Crippen LogP contribution in [-0.4, -0.2) is 21.9 Å². The van der Waals surface area contributed by atoms with Crippen LogP contribution < -0.4 is 0 Å². The van der Waals surface area contributed by atoms with Crippen LogP contribution in [0.1, 0.15) is 63.1 Å². The first kappa shape index (κ1) is 21.1. The highest BCUT2D eigenvalue weighted by molar-refractivity contribution is 6.01. The van der Waals surface area contributed by atoms with Crippen molar-refractivity contribution in [3.63, 3.8) is 0 Å². The molecule has 1 aliphatic carbocycles. The Bertz CT molecular complexity index is 1200. The molecule has 0 fully saturated rings. The normalized spacial score (nSPS) is 18.8. The monoisotopic (exact) mass is 426 g/mol. The minimum atomic E-state index is 0.0546. The number of aryl methyl sites for hydroxylation is 2. The lowest BCUT2D eigenvalue weighted by Crippen LogP contribution is -2.32. The van der Waals surface area contributed by atoms with E-state index in [-0.39, 0.29) is 11.9 Å². The lowest BCUT2D eigenvalue weighted by atomic mass is 9.86. The fourth-order valence-corrected chi connectivity index (χ4v) is 5.67. The van der Waals surface area contributed by atoms with E-state index in [0.29, 0.717) is 5.92 Å². The summed E-state index contributed by atoms with van der Waals surface area (Å²) in [6.45, 7) is 7.45. The molecule has 166 valence electrons. The number of nitrogens with zero attached hydrogens (tertiary/aromatic N) is 2. The van der Waals surface area contributed by atoms with Crippen molar-refractivity contribution < 1.29 is 4.79 Å². The molecule has 1 atom stereocenters. The average Bonchev–Trinajstić information content (AvgIpc) is 3.24. The van der Waals surface area contributed by atoms with Gasteiger partial charge in [-0.3, -0.25) is 4.79 Å². The van der Waals surface area contributed by atoms with Gasteiger partial charge in [0.15, 0.2) is 0 Å². The number of aromatic nitrogens is 1. The minimum Gasteiger partial charge on any atom is -0.343 e. The Hall–Kier alpha value is -2.81. The van der Waals surface area contributed by atoms with Crippen molar-refractivity contribution >= 4 is 16.8 Å². The Morgan fingerprint density at radius 3 is 2.47 bits per heavy atom. The lowest BCUT2D eigenvalue weighted by molar-refractivity contribution is -0.127.